The number of fused-ring (bicyclic) bond motifs is 1. The van der Waals surface area contributed by atoms with E-state index >= 15 is 0 Å². The van der Waals surface area contributed by atoms with Crippen LogP contribution in [0.3, 0.4) is 0 Å². The average Bonchev–Trinajstić information content (AvgIpc) is 2.78. The van der Waals surface area contributed by atoms with Crippen LogP contribution in [0, 0.1) is 0 Å². The molecule has 0 aliphatic rings. The highest BCUT2D eigenvalue weighted by Gasteiger charge is 2.15. The van der Waals surface area contributed by atoms with E-state index in [1.165, 1.54) is 12.8 Å². The fraction of sp³-hybridized carbons (Fsp3) is 0.308. The van der Waals surface area contributed by atoms with E-state index in [9.17, 15) is 9.59 Å². The molecule has 0 aliphatic carbocycles. The molecule has 0 atom stereocenters. The molecule has 0 aromatic heterocycles. The fourth-order valence-electron chi connectivity index (χ4n) is 3.36. The van der Waals surface area contributed by atoms with Crippen LogP contribution in [0.15, 0.2) is 60.7 Å². The number of unbranched alkanes of at least 4 members (excludes halogenated alkanes) is 3. The molecule has 0 saturated carbocycles. The normalized spacial score (nSPS) is 10.7. The number of ether oxygens (including phenoxy) is 2. The first-order chi connectivity index (χ1) is 14.6. The van der Waals surface area contributed by atoms with Crippen LogP contribution in [-0.4, -0.2) is 18.4 Å². The van der Waals surface area contributed by atoms with Crippen LogP contribution >= 0.6 is 0 Å². The van der Waals surface area contributed by atoms with Crippen LogP contribution in [0.5, 0.6) is 11.5 Å². The number of carbonyl (C=O) groups excluding carboxylic acids is 2. The van der Waals surface area contributed by atoms with Crippen LogP contribution in [0.1, 0.15) is 66.7 Å². The molecule has 0 saturated heterocycles. The van der Waals surface area contributed by atoms with Gasteiger partial charge in [-0.1, -0.05) is 57.4 Å². The van der Waals surface area contributed by atoms with Crippen molar-refractivity contribution < 1.29 is 19.1 Å². The maximum Gasteiger partial charge on any atom is 0.344 e. The molecule has 0 spiro atoms. The van der Waals surface area contributed by atoms with Crippen molar-refractivity contribution in [1.29, 1.82) is 0 Å². The van der Waals surface area contributed by atoms with E-state index in [0.29, 0.717) is 29.9 Å². The van der Waals surface area contributed by atoms with Gasteiger partial charge in [0.2, 0.25) is 0 Å². The van der Waals surface area contributed by atoms with Gasteiger partial charge in [-0.2, -0.15) is 0 Å². The maximum absolute atomic E-state index is 12.8. The number of Topliss-reactive ketones (excluding diaryl/α,β-unsaturated/α-hetero) is 1. The molecule has 3 aromatic rings. The third-order valence-electron chi connectivity index (χ3n) is 5.07. The number of benzene rings is 3. The lowest BCUT2D eigenvalue weighted by Gasteiger charge is -2.12. The van der Waals surface area contributed by atoms with E-state index in [1.54, 1.807) is 30.3 Å². The van der Waals surface area contributed by atoms with Gasteiger partial charge >= 0.3 is 5.97 Å². The summed E-state index contributed by atoms with van der Waals surface area (Å²) in [5.74, 6) is 0.813. The summed E-state index contributed by atoms with van der Waals surface area (Å²) in [6, 6.07) is 17.9. The minimum atomic E-state index is -0.435. The quantitative estimate of drug-likeness (QED) is 0.165. The molecule has 0 N–H and O–H groups in total. The van der Waals surface area contributed by atoms with Crippen molar-refractivity contribution in [1.82, 2.24) is 0 Å². The molecule has 4 nitrogen and oxygen atoms in total. The van der Waals surface area contributed by atoms with Gasteiger partial charge in [-0.05, 0) is 48.2 Å². The first-order valence-electron chi connectivity index (χ1n) is 10.6. The Balaban J connectivity index is 1.76. The Morgan fingerprint density at radius 2 is 1.53 bits per heavy atom. The molecule has 0 bridgehead atoms. The lowest BCUT2D eigenvalue weighted by atomic mass is 10.0. The lowest BCUT2D eigenvalue weighted by molar-refractivity contribution is 0.0736. The van der Waals surface area contributed by atoms with Crippen molar-refractivity contribution in [3.05, 3.63) is 71.8 Å². The van der Waals surface area contributed by atoms with Gasteiger partial charge in [0.1, 0.15) is 11.5 Å². The zero-order valence-electron chi connectivity index (χ0n) is 17.6. The van der Waals surface area contributed by atoms with E-state index < -0.39 is 5.97 Å². The Morgan fingerprint density at radius 3 is 2.23 bits per heavy atom. The smallest absolute Gasteiger partial charge is 0.344 e. The number of hydrogen-bond donors (Lipinski definition) is 0. The molecule has 0 amide bonds. The molecule has 0 unspecified atom stereocenters. The van der Waals surface area contributed by atoms with Crippen LogP contribution in [0.4, 0.5) is 0 Å². The van der Waals surface area contributed by atoms with Crippen molar-refractivity contribution in [2.45, 2.75) is 46.0 Å². The van der Waals surface area contributed by atoms with Crippen LogP contribution in [-0.2, 0) is 0 Å². The molecule has 3 aromatic carbocycles. The van der Waals surface area contributed by atoms with Gasteiger partial charge in [0.15, 0.2) is 5.78 Å². The first kappa shape index (κ1) is 21.6. The molecule has 3 rings (SSSR count). The Morgan fingerprint density at radius 1 is 0.800 bits per heavy atom. The number of hydrogen-bond acceptors (Lipinski definition) is 4. The molecule has 30 heavy (non-hydrogen) atoms. The summed E-state index contributed by atoms with van der Waals surface area (Å²) in [6.07, 6.45) is 5.02. The van der Waals surface area contributed by atoms with Crippen LogP contribution in [0.2, 0.25) is 0 Å². The SMILES string of the molecule is CCCCCCOc1ccc(C(=O)Oc2ccc(C(=O)CC)cc2)c2ccccc12. The van der Waals surface area contributed by atoms with Gasteiger partial charge in [0.25, 0.3) is 0 Å². The topological polar surface area (TPSA) is 52.6 Å². The van der Waals surface area contributed by atoms with E-state index in [0.717, 1.165) is 29.4 Å². The highest BCUT2D eigenvalue weighted by Crippen LogP contribution is 2.29. The van der Waals surface area contributed by atoms with Crippen molar-refractivity contribution in [3.63, 3.8) is 0 Å². The third-order valence-corrected chi connectivity index (χ3v) is 5.07. The lowest BCUT2D eigenvalue weighted by Crippen LogP contribution is -2.10. The second kappa shape index (κ2) is 10.6. The van der Waals surface area contributed by atoms with Gasteiger partial charge in [-0.3, -0.25) is 4.79 Å². The molecule has 156 valence electrons. The second-order valence-corrected chi connectivity index (χ2v) is 7.26. The highest BCUT2D eigenvalue weighted by atomic mass is 16.5. The monoisotopic (exact) mass is 404 g/mol. The third kappa shape index (κ3) is 5.26. The largest absolute Gasteiger partial charge is 0.493 e. The minimum Gasteiger partial charge on any atom is -0.493 e. The Labute approximate surface area is 177 Å². The second-order valence-electron chi connectivity index (χ2n) is 7.26. The minimum absolute atomic E-state index is 0.0594. The first-order valence-corrected chi connectivity index (χ1v) is 10.6. The van der Waals surface area contributed by atoms with E-state index in [-0.39, 0.29) is 5.78 Å². The summed E-state index contributed by atoms with van der Waals surface area (Å²) < 4.78 is 11.5. The number of ketones is 1. The zero-order valence-corrected chi connectivity index (χ0v) is 17.6. The summed E-state index contributed by atoms with van der Waals surface area (Å²) in [5.41, 5.74) is 1.10. The molecule has 4 heteroatoms. The fourth-order valence-corrected chi connectivity index (χ4v) is 3.36. The molecule has 0 radical (unpaired) electrons. The zero-order chi connectivity index (χ0) is 21.3. The van der Waals surface area contributed by atoms with Crippen molar-refractivity contribution in [3.8, 4) is 11.5 Å². The summed E-state index contributed by atoms with van der Waals surface area (Å²) in [4.78, 5) is 24.6. The summed E-state index contributed by atoms with van der Waals surface area (Å²) in [5, 5.41) is 1.69. The van der Waals surface area contributed by atoms with Crippen LogP contribution in [0.25, 0.3) is 10.8 Å². The molecule has 0 fully saturated rings. The maximum atomic E-state index is 12.8. The predicted molar refractivity (Wildman–Crippen MR) is 120 cm³/mol. The Kier molecular flexibility index (Phi) is 7.61. The van der Waals surface area contributed by atoms with E-state index in [4.69, 9.17) is 9.47 Å². The molecular weight excluding hydrogens is 376 g/mol. The van der Waals surface area contributed by atoms with Gasteiger partial charge in [-0.15, -0.1) is 0 Å². The van der Waals surface area contributed by atoms with Gasteiger partial charge in [0, 0.05) is 17.4 Å². The Bertz CT molecular complexity index is 1010. The number of rotatable bonds is 10. The summed E-state index contributed by atoms with van der Waals surface area (Å²) in [7, 11) is 0. The number of esters is 1. The highest BCUT2D eigenvalue weighted by molar-refractivity contribution is 6.07. The van der Waals surface area contributed by atoms with Gasteiger partial charge in [-0.25, -0.2) is 4.79 Å². The van der Waals surface area contributed by atoms with Crippen molar-refractivity contribution in [2.24, 2.45) is 0 Å². The molecular formula is C26H28O4. The summed E-state index contributed by atoms with van der Waals surface area (Å²) in [6.45, 7) is 4.67. The Hall–Kier alpha value is -3.14. The standard InChI is InChI=1S/C26H28O4/c1-3-5-6-9-18-29-25-17-16-23(21-10-7-8-11-22(21)25)26(28)30-20-14-12-19(13-15-20)24(27)4-2/h7-8,10-17H,3-6,9,18H2,1-2H3. The number of carbonyl (C=O) groups is 2. The molecule has 0 aliphatic heterocycles. The van der Waals surface area contributed by atoms with Gasteiger partial charge < -0.3 is 9.47 Å². The van der Waals surface area contributed by atoms with Crippen LogP contribution < -0.4 is 9.47 Å². The van der Waals surface area contributed by atoms with E-state index in [1.807, 2.05) is 37.3 Å². The average molecular weight is 405 g/mol. The van der Waals surface area contributed by atoms with Crippen molar-refractivity contribution in [2.75, 3.05) is 6.61 Å². The predicted octanol–water partition coefficient (Wildman–Crippen LogP) is 6.61. The van der Waals surface area contributed by atoms with Gasteiger partial charge in [0.05, 0.1) is 12.2 Å². The molecule has 0 heterocycles. The van der Waals surface area contributed by atoms with E-state index in [2.05, 4.69) is 6.92 Å². The van der Waals surface area contributed by atoms with Crippen molar-refractivity contribution >= 4 is 22.5 Å². The summed E-state index contributed by atoms with van der Waals surface area (Å²) >= 11 is 0.